The average Bonchev–Trinajstić information content (AvgIpc) is 2.23. The van der Waals surface area contributed by atoms with Crippen molar-refractivity contribution in [2.45, 2.75) is 25.7 Å². The van der Waals surface area contributed by atoms with E-state index >= 15 is 0 Å². The Morgan fingerprint density at radius 1 is 1.38 bits per heavy atom. The van der Waals surface area contributed by atoms with Crippen molar-refractivity contribution >= 4 is 22.6 Å². The molecule has 0 saturated heterocycles. The molecule has 1 aromatic rings. The van der Waals surface area contributed by atoms with E-state index in [1.165, 1.54) is 0 Å². The van der Waals surface area contributed by atoms with Crippen LogP contribution in [-0.2, 0) is 10.2 Å². The second-order valence-electron chi connectivity index (χ2n) is 4.70. The summed E-state index contributed by atoms with van der Waals surface area (Å²) < 4.78 is 0. The molecule has 2 rings (SSSR count). The van der Waals surface area contributed by atoms with Crippen LogP contribution in [-0.4, -0.2) is 11.1 Å². The molecule has 2 nitrogen and oxygen atoms in total. The van der Waals surface area contributed by atoms with E-state index in [9.17, 15) is 4.79 Å². The van der Waals surface area contributed by atoms with Gasteiger partial charge >= 0.3 is 5.97 Å². The van der Waals surface area contributed by atoms with E-state index in [0.29, 0.717) is 17.0 Å². The Morgan fingerprint density at radius 2 is 2.00 bits per heavy atom. The van der Waals surface area contributed by atoms with Gasteiger partial charge in [0, 0.05) is 0 Å². The summed E-state index contributed by atoms with van der Waals surface area (Å²) in [5.74, 6) is -0.924. The lowest BCUT2D eigenvalue weighted by molar-refractivity contribution is -0.132. The number of benzene rings is 1. The van der Waals surface area contributed by atoms with Gasteiger partial charge in [-0.15, -0.1) is 0 Å². The van der Waals surface area contributed by atoms with E-state index in [1.807, 2.05) is 38.1 Å². The number of carbonyl (C=O) groups is 1. The molecule has 0 unspecified atom stereocenters. The molecule has 0 amide bonds. The SMILES string of the molecule is CC1(C)CC(C(=O)O)=C(Cl)c2ccccc21. The van der Waals surface area contributed by atoms with Gasteiger partial charge in [-0.25, -0.2) is 4.79 Å². The first-order valence-corrected chi connectivity index (χ1v) is 5.53. The van der Waals surface area contributed by atoms with Crippen LogP contribution in [0.1, 0.15) is 31.4 Å². The molecule has 0 fully saturated rings. The molecule has 0 aromatic heterocycles. The fourth-order valence-corrected chi connectivity index (χ4v) is 2.52. The van der Waals surface area contributed by atoms with Gasteiger partial charge in [0.2, 0.25) is 0 Å². The Balaban J connectivity index is 2.69. The first-order valence-electron chi connectivity index (χ1n) is 5.15. The largest absolute Gasteiger partial charge is 0.478 e. The van der Waals surface area contributed by atoms with E-state index in [2.05, 4.69) is 0 Å². The molecule has 0 saturated carbocycles. The maximum Gasteiger partial charge on any atom is 0.333 e. The summed E-state index contributed by atoms with van der Waals surface area (Å²) >= 11 is 6.13. The third-order valence-electron chi connectivity index (χ3n) is 3.03. The maximum absolute atomic E-state index is 11.1. The number of aliphatic carboxylic acids is 1. The van der Waals surface area contributed by atoms with Crippen LogP contribution in [0.4, 0.5) is 0 Å². The summed E-state index contributed by atoms with van der Waals surface area (Å²) in [4.78, 5) is 11.1. The van der Waals surface area contributed by atoms with E-state index in [4.69, 9.17) is 16.7 Å². The van der Waals surface area contributed by atoms with Crippen molar-refractivity contribution in [3.8, 4) is 0 Å². The van der Waals surface area contributed by atoms with Crippen molar-refractivity contribution in [3.05, 3.63) is 41.0 Å². The van der Waals surface area contributed by atoms with Gasteiger partial charge in [-0.3, -0.25) is 0 Å². The van der Waals surface area contributed by atoms with Crippen LogP contribution in [0.2, 0.25) is 0 Å². The summed E-state index contributed by atoms with van der Waals surface area (Å²) in [5.41, 5.74) is 2.09. The molecule has 1 aliphatic carbocycles. The quantitative estimate of drug-likeness (QED) is 0.812. The van der Waals surface area contributed by atoms with Crippen LogP contribution in [0, 0.1) is 0 Å². The molecule has 0 spiro atoms. The standard InChI is InChI=1S/C13H13ClO2/c1-13(2)7-9(12(15)16)11(14)8-5-3-4-6-10(8)13/h3-6H,7H2,1-2H3,(H,15,16). The minimum atomic E-state index is -0.924. The van der Waals surface area contributed by atoms with Crippen molar-refractivity contribution in [2.24, 2.45) is 0 Å². The number of halogens is 1. The van der Waals surface area contributed by atoms with Crippen molar-refractivity contribution in [2.75, 3.05) is 0 Å². The fraction of sp³-hybridized carbons (Fsp3) is 0.308. The highest BCUT2D eigenvalue weighted by atomic mass is 35.5. The summed E-state index contributed by atoms with van der Waals surface area (Å²) in [6.07, 6.45) is 0.470. The number of fused-ring (bicyclic) bond motifs is 1. The molecule has 0 aliphatic heterocycles. The van der Waals surface area contributed by atoms with Gasteiger partial charge < -0.3 is 5.11 Å². The minimum Gasteiger partial charge on any atom is -0.478 e. The molecular weight excluding hydrogens is 224 g/mol. The third-order valence-corrected chi connectivity index (χ3v) is 3.47. The first kappa shape index (κ1) is 11.2. The van der Waals surface area contributed by atoms with Gasteiger partial charge in [0.15, 0.2) is 0 Å². The predicted octanol–water partition coefficient (Wildman–Crippen LogP) is 3.40. The number of hydrogen-bond acceptors (Lipinski definition) is 1. The molecule has 3 heteroatoms. The Morgan fingerprint density at radius 3 is 2.62 bits per heavy atom. The van der Waals surface area contributed by atoms with Gasteiger partial charge in [-0.2, -0.15) is 0 Å². The molecule has 0 heterocycles. The van der Waals surface area contributed by atoms with Crippen LogP contribution < -0.4 is 0 Å². The summed E-state index contributed by atoms with van der Waals surface area (Å²) in [7, 11) is 0. The van der Waals surface area contributed by atoms with Crippen LogP contribution >= 0.6 is 11.6 Å². The second-order valence-corrected chi connectivity index (χ2v) is 5.08. The highest BCUT2D eigenvalue weighted by molar-refractivity contribution is 6.51. The summed E-state index contributed by atoms with van der Waals surface area (Å²) in [5, 5.41) is 9.50. The number of carboxylic acid groups (broad SMARTS) is 1. The van der Waals surface area contributed by atoms with Crippen LogP contribution in [0.15, 0.2) is 29.8 Å². The minimum absolute atomic E-state index is 0.178. The average molecular weight is 237 g/mol. The van der Waals surface area contributed by atoms with Crippen molar-refractivity contribution < 1.29 is 9.90 Å². The van der Waals surface area contributed by atoms with Gasteiger partial charge in [-0.1, -0.05) is 49.7 Å². The number of hydrogen-bond donors (Lipinski definition) is 1. The van der Waals surface area contributed by atoms with E-state index in [-0.39, 0.29) is 5.41 Å². The summed E-state index contributed by atoms with van der Waals surface area (Å²) in [6.45, 7) is 4.08. The molecule has 0 atom stereocenters. The zero-order chi connectivity index (χ0) is 11.9. The van der Waals surface area contributed by atoms with Gasteiger partial charge in [0.1, 0.15) is 0 Å². The molecule has 1 aliphatic rings. The lowest BCUT2D eigenvalue weighted by atomic mass is 9.73. The Kier molecular flexibility index (Phi) is 2.55. The second kappa shape index (κ2) is 3.63. The molecule has 1 N–H and O–H groups in total. The molecule has 0 radical (unpaired) electrons. The van der Waals surface area contributed by atoms with Gasteiger partial charge in [-0.05, 0) is 23.0 Å². The lowest BCUT2D eigenvalue weighted by Gasteiger charge is -2.32. The molecule has 84 valence electrons. The maximum atomic E-state index is 11.1. The van der Waals surface area contributed by atoms with E-state index in [1.54, 1.807) is 0 Å². The summed E-state index contributed by atoms with van der Waals surface area (Å²) in [6, 6.07) is 7.72. The Hall–Kier alpha value is -1.28. The third kappa shape index (κ3) is 1.63. The van der Waals surface area contributed by atoms with Crippen molar-refractivity contribution in [3.63, 3.8) is 0 Å². The Bertz CT molecular complexity index is 486. The topological polar surface area (TPSA) is 37.3 Å². The van der Waals surface area contributed by atoms with Crippen LogP contribution in [0.25, 0.3) is 5.03 Å². The lowest BCUT2D eigenvalue weighted by Crippen LogP contribution is -2.26. The number of carboxylic acids is 1. The predicted molar refractivity (Wildman–Crippen MR) is 64.5 cm³/mol. The van der Waals surface area contributed by atoms with E-state index in [0.717, 1.165) is 11.1 Å². The van der Waals surface area contributed by atoms with Gasteiger partial charge in [0.05, 0.1) is 10.6 Å². The van der Waals surface area contributed by atoms with Crippen LogP contribution in [0.5, 0.6) is 0 Å². The molecule has 1 aromatic carbocycles. The van der Waals surface area contributed by atoms with Crippen molar-refractivity contribution in [1.82, 2.24) is 0 Å². The molecule has 16 heavy (non-hydrogen) atoms. The smallest absolute Gasteiger partial charge is 0.333 e. The number of rotatable bonds is 1. The molecule has 0 bridgehead atoms. The zero-order valence-electron chi connectivity index (χ0n) is 9.25. The normalized spacial score (nSPS) is 18.2. The molecular formula is C13H13ClO2. The van der Waals surface area contributed by atoms with Gasteiger partial charge in [0.25, 0.3) is 0 Å². The van der Waals surface area contributed by atoms with Crippen LogP contribution in [0.3, 0.4) is 0 Å². The first-order chi connectivity index (χ1) is 7.43. The zero-order valence-corrected chi connectivity index (χ0v) is 10.0. The highest BCUT2D eigenvalue weighted by Gasteiger charge is 2.34. The Labute approximate surface area is 99.5 Å². The van der Waals surface area contributed by atoms with E-state index < -0.39 is 5.97 Å². The van der Waals surface area contributed by atoms with Crippen molar-refractivity contribution in [1.29, 1.82) is 0 Å². The fourth-order valence-electron chi connectivity index (χ4n) is 2.21. The monoisotopic (exact) mass is 236 g/mol. The highest BCUT2D eigenvalue weighted by Crippen LogP contribution is 2.43.